The molecular weight excluding hydrogens is 321 g/mol. The summed E-state index contributed by atoms with van der Waals surface area (Å²) in [6.07, 6.45) is 1.50. The molecule has 2 aromatic rings. The first-order chi connectivity index (χ1) is 12.0. The highest BCUT2D eigenvalue weighted by Gasteiger charge is 2.07. The smallest absolute Gasteiger partial charge is 0.220 e. The van der Waals surface area contributed by atoms with Crippen LogP contribution in [-0.4, -0.2) is 26.7 Å². The second-order valence-electron chi connectivity index (χ2n) is 5.88. The number of hydrogen-bond acceptors (Lipinski definition) is 3. The van der Waals surface area contributed by atoms with Crippen LogP contribution in [0.25, 0.3) is 0 Å². The monoisotopic (exact) mass is 345 g/mol. The van der Waals surface area contributed by atoms with Crippen LogP contribution in [0.15, 0.2) is 36.4 Å². The second kappa shape index (κ2) is 9.06. The lowest BCUT2D eigenvalue weighted by Gasteiger charge is -2.10. The van der Waals surface area contributed by atoms with Crippen LogP contribution < -0.4 is 14.8 Å². The molecule has 0 atom stereocenters. The van der Waals surface area contributed by atoms with E-state index in [0.29, 0.717) is 25.8 Å². The fraction of sp³-hybridized carbons (Fsp3) is 0.350. The average Bonchev–Trinajstić information content (AvgIpc) is 2.60. The van der Waals surface area contributed by atoms with E-state index in [1.54, 1.807) is 19.2 Å². The van der Waals surface area contributed by atoms with Gasteiger partial charge in [-0.15, -0.1) is 0 Å². The summed E-state index contributed by atoms with van der Waals surface area (Å²) in [5, 5.41) is 2.90. The van der Waals surface area contributed by atoms with Gasteiger partial charge < -0.3 is 14.8 Å². The highest BCUT2D eigenvalue weighted by atomic mass is 19.1. The molecule has 25 heavy (non-hydrogen) atoms. The van der Waals surface area contributed by atoms with Crippen LogP contribution in [0.4, 0.5) is 4.39 Å². The Balaban J connectivity index is 1.79. The van der Waals surface area contributed by atoms with E-state index < -0.39 is 5.82 Å². The van der Waals surface area contributed by atoms with E-state index >= 15 is 0 Å². The summed E-state index contributed by atoms with van der Waals surface area (Å²) < 4.78 is 23.9. The predicted molar refractivity (Wildman–Crippen MR) is 95.7 cm³/mol. The zero-order chi connectivity index (χ0) is 18.2. The number of benzene rings is 2. The number of nitrogens with one attached hydrogen (secondary N) is 1. The summed E-state index contributed by atoms with van der Waals surface area (Å²) in [5.74, 6) is 0.573. The van der Waals surface area contributed by atoms with Crippen LogP contribution in [0.2, 0.25) is 0 Å². The van der Waals surface area contributed by atoms with Crippen LogP contribution in [0.3, 0.4) is 0 Å². The number of halogens is 1. The summed E-state index contributed by atoms with van der Waals surface area (Å²) in [6, 6.07) is 10.7. The Morgan fingerprint density at radius 1 is 1.04 bits per heavy atom. The van der Waals surface area contributed by atoms with Gasteiger partial charge in [0.05, 0.1) is 14.2 Å². The normalized spacial score (nSPS) is 10.4. The van der Waals surface area contributed by atoms with Crippen molar-refractivity contribution in [2.75, 3.05) is 20.8 Å². The van der Waals surface area contributed by atoms with E-state index in [0.717, 1.165) is 22.4 Å². The zero-order valence-electron chi connectivity index (χ0n) is 14.9. The molecular formula is C20H24FNO3. The molecule has 0 unspecified atom stereocenters. The van der Waals surface area contributed by atoms with Crippen LogP contribution in [-0.2, 0) is 17.6 Å². The molecule has 0 heterocycles. The molecule has 2 aromatic carbocycles. The lowest BCUT2D eigenvalue weighted by Crippen LogP contribution is -2.26. The summed E-state index contributed by atoms with van der Waals surface area (Å²) in [5.41, 5.74) is 3.00. The third-order valence-electron chi connectivity index (χ3n) is 4.01. The van der Waals surface area contributed by atoms with Crippen molar-refractivity contribution in [1.29, 1.82) is 0 Å². The minimum atomic E-state index is -0.410. The van der Waals surface area contributed by atoms with Gasteiger partial charge in [0.2, 0.25) is 5.91 Å². The van der Waals surface area contributed by atoms with E-state index in [1.807, 2.05) is 19.1 Å². The van der Waals surface area contributed by atoms with Gasteiger partial charge in [-0.3, -0.25) is 4.79 Å². The van der Waals surface area contributed by atoms with Gasteiger partial charge in [-0.1, -0.05) is 23.8 Å². The van der Waals surface area contributed by atoms with E-state index in [2.05, 4.69) is 11.4 Å². The van der Waals surface area contributed by atoms with E-state index in [1.165, 1.54) is 13.2 Å². The lowest BCUT2D eigenvalue weighted by atomic mass is 10.1. The van der Waals surface area contributed by atoms with Gasteiger partial charge in [-0.25, -0.2) is 4.39 Å². The second-order valence-corrected chi connectivity index (χ2v) is 5.88. The molecule has 2 rings (SSSR count). The molecule has 1 N–H and O–H groups in total. The molecule has 0 aliphatic heterocycles. The molecule has 0 aromatic heterocycles. The van der Waals surface area contributed by atoms with Gasteiger partial charge in [0.1, 0.15) is 5.75 Å². The third kappa shape index (κ3) is 5.48. The first-order valence-electron chi connectivity index (χ1n) is 8.26. The fourth-order valence-corrected chi connectivity index (χ4v) is 2.65. The van der Waals surface area contributed by atoms with Crippen molar-refractivity contribution in [3.8, 4) is 11.5 Å². The lowest BCUT2D eigenvalue weighted by molar-refractivity contribution is -0.121. The van der Waals surface area contributed by atoms with Gasteiger partial charge in [0, 0.05) is 13.0 Å². The number of carbonyl (C=O) groups excluding carboxylic acids is 1. The quantitative estimate of drug-likeness (QED) is 0.797. The van der Waals surface area contributed by atoms with E-state index in [9.17, 15) is 9.18 Å². The Kier molecular flexibility index (Phi) is 6.81. The zero-order valence-corrected chi connectivity index (χ0v) is 14.9. The Labute approximate surface area is 148 Å². The molecule has 0 bridgehead atoms. The minimum absolute atomic E-state index is 0.0529. The maximum absolute atomic E-state index is 13.6. The van der Waals surface area contributed by atoms with E-state index in [4.69, 9.17) is 9.47 Å². The third-order valence-corrected chi connectivity index (χ3v) is 4.01. The number of aryl methyl sites for hydroxylation is 2. The van der Waals surface area contributed by atoms with Crippen molar-refractivity contribution in [2.45, 2.75) is 26.2 Å². The van der Waals surface area contributed by atoms with Crippen LogP contribution in [0.5, 0.6) is 11.5 Å². The van der Waals surface area contributed by atoms with Crippen LogP contribution in [0, 0.1) is 12.7 Å². The number of methoxy groups -OCH3 is 2. The van der Waals surface area contributed by atoms with Crippen molar-refractivity contribution in [3.63, 3.8) is 0 Å². The Morgan fingerprint density at radius 3 is 2.44 bits per heavy atom. The first-order valence-corrected chi connectivity index (χ1v) is 8.26. The van der Waals surface area contributed by atoms with Gasteiger partial charge in [0.25, 0.3) is 0 Å². The van der Waals surface area contributed by atoms with E-state index in [-0.39, 0.29) is 11.7 Å². The minimum Gasteiger partial charge on any atom is -0.496 e. The maximum Gasteiger partial charge on any atom is 0.220 e. The van der Waals surface area contributed by atoms with Crippen LogP contribution >= 0.6 is 0 Å². The number of ether oxygens (including phenoxy) is 2. The largest absolute Gasteiger partial charge is 0.496 e. The summed E-state index contributed by atoms with van der Waals surface area (Å²) in [6.45, 7) is 2.56. The molecule has 5 heteroatoms. The molecule has 0 aliphatic carbocycles. The Hall–Kier alpha value is -2.56. The van der Waals surface area contributed by atoms with Gasteiger partial charge in [-0.2, -0.15) is 0 Å². The Bertz CT molecular complexity index is 731. The highest BCUT2D eigenvalue weighted by Crippen LogP contribution is 2.20. The number of carbonyl (C=O) groups is 1. The molecule has 0 fully saturated rings. The van der Waals surface area contributed by atoms with Crippen molar-refractivity contribution < 1.29 is 18.7 Å². The predicted octanol–water partition coefficient (Wildman–Crippen LogP) is 3.44. The van der Waals surface area contributed by atoms with Gasteiger partial charge in [-0.05, 0) is 49.1 Å². The molecule has 4 nitrogen and oxygen atoms in total. The SMILES string of the molecule is COc1ccc(CCC(=O)NCCc2cc(C)ccc2OC)cc1F. The fourth-order valence-electron chi connectivity index (χ4n) is 2.65. The molecule has 0 saturated heterocycles. The first kappa shape index (κ1) is 18.8. The van der Waals surface area contributed by atoms with Crippen molar-refractivity contribution in [1.82, 2.24) is 5.32 Å². The molecule has 0 saturated carbocycles. The molecule has 134 valence electrons. The van der Waals surface area contributed by atoms with Crippen LogP contribution in [0.1, 0.15) is 23.1 Å². The highest BCUT2D eigenvalue weighted by molar-refractivity contribution is 5.76. The van der Waals surface area contributed by atoms with Gasteiger partial charge in [0.15, 0.2) is 11.6 Å². The van der Waals surface area contributed by atoms with Crippen molar-refractivity contribution in [2.24, 2.45) is 0 Å². The number of rotatable bonds is 8. The molecule has 0 radical (unpaired) electrons. The summed E-state index contributed by atoms with van der Waals surface area (Å²) >= 11 is 0. The standard InChI is InChI=1S/C20H24FNO3/c1-14-4-7-18(24-2)16(12-14)10-11-22-20(23)9-6-15-5-8-19(25-3)17(21)13-15/h4-5,7-8,12-13H,6,9-11H2,1-3H3,(H,22,23). The van der Waals surface area contributed by atoms with Crippen molar-refractivity contribution >= 4 is 5.91 Å². The average molecular weight is 345 g/mol. The number of hydrogen-bond donors (Lipinski definition) is 1. The molecule has 0 spiro atoms. The number of amides is 1. The van der Waals surface area contributed by atoms with Gasteiger partial charge >= 0.3 is 0 Å². The Morgan fingerprint density at radius 2 is 1.76 bits per heavy atom. The summed E-state index contributed by atoms with van der Waals surface area (Å²) in [4.78, 5) is 12.0. The maximum atomic E-state index is 13.6. The molecule has 0 aliphatic rings. The molecule has 1 amide bonds. The van der Waals surface area contributed by atoms with Crippen molar-refractivity contribution in [3.05, 3.63) is 58.9 Å². The topological polar surface area (TPSA) is 47.6 Å². The summed E-state index contributed by atoms with van der Waals surface area (Å²) in [7, 11) is 3.06.